The van der Waals surface area contributed by atoms with E-state index in [1.54, 1.807) is 18.2 Å². The minimum Gasteiger partial charge on any atom is -0.497 e. The highest BCUT2D eigenvalue weighted by atomic mass is 16.5. The van der Waals surface area contributed by atoms with Crippen LogP contribution < -0.4 is 4.74 Å². The number of benzene rings is 1. The maximum atomic E-state index is 5.46. The van der Waals surface area contributed by atoms with Gasteiger partial charge in [-0.25, -0.2) is 0 Å². The second-order valence-corrected chi connectivity index (χ2v) is 7.37. The van der Waals surface area contributed by atoms with Crippen molar-refractivity contribution in [2.24, 2.45) is 11.3 Å². The molecule has 2 atom stereocenters. The molecular weight excluding hydrogens is 232 g/mol. The fourth-order valence-electron chi connectivity index (χ4n) is 4.89. The third-order valence-corrected chi connectivity index (χ3v) is 5.86. The van der Waals surface area contributed by atoms with Crippen LogP contribution in [0.4, 0.5) is 0 Å². The third kappa shape index (κ3) is 1.89. The van der Waals surface area contributed by atoms with Crippen LogP contribution in [0.15, 0.2) is 18.2 Å². The van der Waals surface area contributed by atoms with Crippen molar-refractivity contribution in [3.63, 3.8) is 0 Å². The molecule has 1 fully saturated rings. The van der Waals surface area contributed by atoms with E-state index in [0.717, 1.165) is 11.7 Å². The number of methoxy groups -OCH3 is 1. The number of rotatable bonds is 1. The SMILES string of the molecule is COc1ccc2c(c1)[C@@]1(C)CCCC(C)(C)[C@@H]1CC2. The van der Waals surface area contributed by atoms with Crippen molar-refractivity contribution in [3.05, 3.63) is 29.3 Å². The maximum absolute atomic E-state index is 5.46. The van der Waals surface area contributed by atoms with Gasteiger partial charge in [0.1, 0.15) is 5.75 Å². The van der Waals surface area contributed by atoms with E-state index >= 15 is 0 Å². The molecule has 0 spiro atoms. The van der Waals surface area contributed by atoms with Gasteiger partial charge in [0, 0.05) is 0 Å². The Labute approximate surface area is 117 Å². The molecule has 2 aliphatic rings. The first-order valence-corrected chi connectivity index (χ1v) is 7.65. The van der Waals surface area contributed by atoms with E-state index in [1.165, 1.54) is 32.1 Å². The van der Waals surface area contributed by atoms with Crippen LogP contribution in [0.25, 0.3) is 0 Å². The van der Waals surface area contributed by atoms with Crippen LogP contribution in [0.1, 0.15) is 57.6 Å². The largest absolute Gasteiger partial charge is 0.497 e. The number of aryl methyl sites for hydroxylation is 1. The Morgan fingerprint density at radius 1 is 1.16 bits per heavy atom. The lowest BCUT2D eigenvalue weighted by Gasteiger charge is -2.54. The lowest BCUT2D eigenvalue weighted by atomic mass is 9.50. The van der Waals surface area contributed by atoms with E-state index in [2.05, 4.69) is 39.0 Å². The van der Waals surface area contributed by atoms with Gasteiger partial charge in [-0.1, -0.05) is 33.3 Å². The summed E-state index contributed by atoms with van der Waals surface area (Å²) >= 11 is 0. The van der Waals surface area contributed by atoms with Crippen LogP contribution >= 0.6 is 0 Å². The quantitative estimate of drug-likeness (QED) is 0.708. The average Bonchev–Trinajstić information content (AvgIpc) is 2.37. The molecule has 3 rings (SSSR count). The Kier molecular flexibility index (Phi) is 2.92. The molecule has 0 amide bonds. The fraction of sp³-hybridized carbons (Fsp3) is 0.667. The minimum atomic E-state index is 0.351. The molecule has 19 heavy (non-hydrogen) atoms. The van der Waals surface area contributed by atoms with Gasteiger partial charge in [0.15, 0.2) is 0 Å². The number of ether oxygens (including phenoxy) is 1. The lowest BCUT2D eigenvalue weighted by Crippen LogP contribution is -2.47. The van der Waals surface area contributed by atoms with E-state index in [4.69, 9.17) is 4.74 Å². The molecule has 0 saturated heterocycles. The van der Waals surface area contributed by atoms with Gasteiger partial charge in [0.2, 0.25) is 0 Å². The second kappa shape index (κ2) is 4.26. The van der Waals surface area contributed by atoms with E-state index in [-0.39, 0.29) is 0 Å². The van der Waals surface area contributed by atoms with E-state index < -0.39 is 0 Å². The first kappa shape index (κ1) is 13.0. The van der Waals surface area contributed by atoms with Crippen molar-refractivity contribution in [1.29, 1.82) is 0 Å². The van der Waals surface area contributed by atoms with E-state index in [9.17, 15) is 0 Å². The van der Waals surface area contributed by atoms with Crippen molar-refractivity contribution >= 4 is 0 Å². The van der Waals surface area contributed by atoms with Crippen LogP contribution in [-0.2, 0) is 11.8 Å². The van der Waals surface area contributed by atoms with Gasteiger partial charge in [-0.2, -0.15) is 0 Å². The monoisotopic (exact) mass is 258 g/mol. The number of hydrogen-bond donors (Lipinski definition) is 0. The topological polar surface area (TPSA) is 9.23 Å². The molecule has 104 valence electrons. The van der Waals surface area contributed by atoms with E-state index in [0.29, 0.717) is 10.8 Å². The molecule has 1 aromatic rings. The Morgan fingerprint density at radius 2 is 1.95 bits per heavy atom. The molecule has 0 N–H and O–H groups in total. The van der Waals surface area contributed by atoms with Crippen LogP contribution in [0.5, 0.6) is 5.75 Å². The number of fused-ring (bicyclic) bond motifs is 3. The summed E-state index contributed by atoms with van der Waals surface area (Å²) in [6.45, 7) is 7.44. The Bertz CT molecular complexity index is 488. The maximum Gasteiger partial charge on any atom is 0.119 e. The molecular formula is C18H26O. The summed E-state index contributed by atoms with van der Waals surface area (Å²) in [7, 11) is 1.77. The van der Waals surface area contributed by atoms with Crippen molar-refractivity contribution < 1.29 is 4.74 Å². The molecule has 1 aromatic carbocycles. The highest BCUT2D eigenvalue weighted by Crippen LogP contribution is 2.57. The standard InChI is InChI=1S/C18H26O/c1-17(2)10-5-11-18(3)15-12-14(19-4)8-6-13(15)7-9-16(17)18/h6,8,12,16H,5,7,9-11H2,1-4H3/t16-,18+/m0/s1. The Hall–Kier alpha value is -0.980. The summed E-state index contributed by atoms with van der Waals surface area (Å²) < 4.78 is 5.46. The molecule has 0 heterocycles. The smallest absolute Gasteiger partial charge is 0.119 e. The summed E-state index contributed by atoms with van der Waals surface area (Å²) in [4.78, 5) is 0. The predicted octanol–water partition coefficient (Wildman–Crippen LogP) is 4.73. The minimum absolute atomic E-state index is 0.351. The summed E-state index contributed by atoms with van der Waals surface area (Å²) in [5.41, 5.74) is 3.95. The van der Waals surface area contributed by atoms with Crippen LogP contribution in [-0.4, -0.2) is 7.11 Å². The predicted molar refractivity (Wildman–Crippen MR) is 79.8 cm³/mol. The van der Waals surface area contributed by atoms with Crippen LogP contribution in [0.2, 0.25) is 0 Å². The molecule has 0 aromatic heterocycles. The Balaban J connectivity index is 2.11. The van der Waals surface area contributed by atoms with Gasteiger partial charge in [-0.3, -0.25) is 0 Å². The lowest BCUT2D eigenvalue weighted by molar-refractivity contribution is 0.0406. The highest BCUT2D eigenvalue weighted by molar-refractivity contribution is 5.43. The molecule has 1 nitrogen and oxygen atoms in total. The molecule has 0 bridgehead atoms. The normalized spacial score (nSPS) is 32.3. The van der Waals surface area contributed by atoms with Crippen molar-refractivity contribution in [2.75, 3.05) is 7.11 Å². The zero-order chi connectivity index (χ0) is 13.7. The molecule has 0 unspecified atom stereocenters. The summed E-state index contributed by atoms with van der Waals surface area (Å²) in [6.07, 6.45) is 6.66. The van der Waals surface area contributed by atoms with Gasteiger partial charge >= 0.3 is 0 Å². The Morgan fingerprint density at radius 3 is 2.68 bits per heavy atom. The van der Waals surface area contributed by atoms with Gasteiger partial charge in [-0.05, 0) is 65.7 Å². The molecule has 1 saturated carbocycles. The number of hydrogen-bond acceptors (Lipinski definition) is 1. The van der Waals surface area contributed by atoms with E-state index in [1.807, 2.05) is 0 Å². The fourth-order valence-corrected chi connectivity index (χ4v) is 4.89. The first-order chi connectivity index (χ1) is 8.97. The third-order valence-electron chi connectivity index (χ3n) is 5.86. The highest BCUT2D eigenvalue weighted by Gasteiger charge is 2.49. The van der Waals surface area contributed by atoms with Gasteiger partial charge < -0.3 is 4.74 Å². The molecule has 2 aliphatic carbocycles. The first-order valence-electron chi connectivity index (χ1n) is 7.65. The summed E-state index contributed by atoms with van der Waals surface area (Å²) in [5.74, 6) is 1.83. The molecule has 0 aliphatic heterocycles. The molecule has 1 heteroatoms. The zero-order valence-corrected chi connectivity index (χ0v) is 12.8. The average molecular weight is 258 g/mol. The zero-order valence-electron chi connectivity index (χ0n) is 12.8. The van der Waals surface area contributed by atoms with Gasteiger partial charge in [0.05, 0.1) is 7.11 Å². The van der Waals surface area contributed by atoms with Crippen molar-refractivity contribution in [2.45, 2.75) is 58.3 Å². The van der Waals surface area contributed by atoms with Crippen molar-refractivity contribution in [3.8, 4) is 5.75 Å². The summed E-state index contributed by atoms with van der Waals surface area (Å²) in [5, 5.41) is 0. The second-order valence-electron chi connectivity index (χ2n) is 7.37. The van der Waals surface area contributed by atoms with Crippen molar-refractivity contribution in [1.82, 2.24) is 0 Å². The van der Waals surface area contributed by atoms with Crippen LogP contribution in [0.3, 0.4) is 0 Å². The van der Waals surface area contributed by atoms with Crippen LogP contribution in [0, 0.1) is 11.3 Å². The summed E-state index contributed by atoms with van der Waals surface area (Å²) in [6, 6.07) is 6.72. The molecule has 0 radical (unpaired) electrons. The van der Waals surface area contributed by atoms with Gasteiger partial charge in [0.25, 0.3) is 0 Å². The van der Waals surface area contributed by atoms with Gasteiger partial charge in [-0.15, -0.1) is 0 Å².